The molecule has 1 amide bonds. The Kier molecular flexibility index (Phi) is 3.18. The fraction of sp³-hybridized carbons (Fsp3) is 0.417. The zero-order chi connectivity index (χ0) is 13.3. The first kappa shape index (κ1) is 12.3. The Labute approximate surface area is 105 Å². The monoisotopic (exact) mass is 249 g/mol. The summed E-state index contributed by atoms with van der Waals surface area (Å²) in [7, 11) is 0. The summed E-state index contributed by atoms with van der Waals surface area (Å²) in [5.41, 5.74) is 6.76. The van der Waals surface area contributed by atoms with Gasteiger partial charge in [-0.05, 0) is 24.5 Å². The van der Waals surface area contributed by atoms with E-state index in [2.05, 4.69) is 0 Å². The van der Waals surface area contributed by atoms with E-state index < -0.39 is 4.92 Å². The minimum Gasteiger partial charge on any atom is -0.393 e. The second kappa shape index (κ2) is 4.64. The second-order valence-corrected chi connectivity index (χ2v) is 4.37. The number of carbonyl (C=O) groups excluding carboxylic acids is 1. The Morgan fingerprint density at radius 1 is 1.50 bits per heavy atom. The highest BCUT2D eigenvalue weighted by atomic mass is 16.6. The number of fused-ring (bicyclic) bond motifs is 1. The lowest BCUT2D eigenvalue weighted by Gasteiger charge is -2.28. The van der Waals surface area contributed by atoms with Gasteiger partial charge >= 0.3 is 0 Å². The van der Waals surface area contributed by atoms with Gasteiger partial charge in [0.2, 0.25) is 0 Å². The average molecular weight is 249 g/mol. The lowest BCUT2D eigenvalue weighted by atomic mass is 9.97. The minimum atomic E-state index is -0.554. The highest BCUT2D eigenvalue weighted by Gasteiger charge is 2.27. The summed E-state index contributed by atoms with van der Waals surface area (Å²) in [5, 5.41) is 10.8. The van der Waals surface area contributed by atoms with Crippen LogP contribution in [0.15, 0.2) is 12.1 Å². The van der Waals surface area contributed by atoms with Crippen LogP contribution in [-0.4, -0.2) is 28.8 Å². The molecule has 0 spiro atoms. The standard InChI is InChI=1S/C12H15N3O3/c1-2-4-14-5-3-8-6-10(13)11(15(17)18)7-9(8)12(14)16/h6-7H,2-5,13H2,1H3. The third-order valence-corrected chi connectivity index (χ3v) is 3.11. The smallest absolute Gasteiger partial charge is 0.292 e. The van der Waals surface area contributed by atoms with Crippen LogP contribution in [0.2, 0.25) is 0 Å². The summed E-state index contributed by atoms with van der Waals surface area (Å²) in [4.78, 5) is 24.1. The van der Waals surface area contributed by atoms with E-state index in [9.17, 15) is 14.9 Å². The van der Waals surface area contributed by atoms with E-state index in [-0.39, 0.29) is 17.3 Å². The van der Waals surface area contributed by atoms with Gasteiger partial charge in [0, 0.05) is 24.7 Å². The Hall–Kier alpha value is -2.11. The molecule has 6 heteroatoms. The molecule has 0 radical (unpaired) electrons. The fourth-order valence-corrected chi connectivity index (χ4v) is 2.23. The molecule has 2 N–H and O–H groups in total. The molecular weight excluding hydrogens is 234 g/mol. The first-order chi connectivity index (χ1) is 8.54. The maximum absolute atomic E-state index is 12.2. The molecule has 0 aliphatic carbocycles. The van der Waals surface area contributed by atoms with Crippen molar-refractivity contribution in [3.05, 3.63) is 33.4 Å². The van der Waals surface area contributed by atoms with E-state index in [1.165, 1.54) is 6.07 Å². The van der Waals surface area contributed by atoms with Crippen molar-refractivity contribution in [2.24, 2.45) is 0 Å². The minimum absolute atomic E-state index is 0.121. The molecule has 0 aromatic heterocycles. The predicted octanol–water partition coefficient (Wildman–Crippen LogP) is 1.59. The van der Waals surface area contributed by atoms with Crippen LogP contribution in [-0.2, 0) is 6.42 Å². The van der Waals surface area contributed by atoms with Crippen molar-refractivity contribution in [2.75, 3.05) is 18.8 Å². The molecule has 1 aromatic rings. The molecule has 96 valence electrons. The van der Waals surface area contributed by atoms with E-state index in [4.69, 9.17) is 5.73 Å². The molecule has 0 saturated heterocycles. The molecular formula is C12H15N3O3. The van der Waals surface area contributed by atoms with Crippen molar-refractivity contribution >= 4 is 17.3 Å². The number of nitrogen functional groups attached to an aromatic ring is 1. The summed E-state index contributed by atoms with van der Waals surface area (Å²) in [6, 6.07) is 2.85. The summed E-state index contributed by atoms with van der Waals surface area (Å²) in [5.74, 6) is -0.138. The third kappa shape index (κ3) is 2.01. The van der Waals surface area contributed by atoms with E-state index in [1.807, 2.05) is 6.92 Å². The molecule has 1 aliphatic heterocycles. The van der Waals surface area contributed by atoms with Crippen molar-refractivity contribution in [1.29, 1.82) is 0 Å². The number of anilines is 1. The van der Waals surface area contributed by atoms with Crippen LogP contribution < -0.4 is 5.73 Å². The van der Waals surface area contributed by atoms with Crippen LogP contribution in [0.5, 0.6) is 0 Å². The van der Waals surface area contributed by atoms with E-state index in [0.29, 0.717) is 25.1 Å². The molecule has 0 atom stereocenters. The van der Waals surface area contributed by atoms with Gasteiger partial charge in [-0.1, -0.05) is 6.92 Å². The van der Waals surface area contributed by atoms with Gasteiger partial charge < -0.3 is 10.6 Å². The predicted molar refractivity (Wildman–Crippen MR) is 67.4 cm³/mol. The van der Waals surface area contributed by atoms with Crippen LogP contribution in [0.25, 0.3) is 0 Å². The topological polar surface area (TPSA) is 89.5 Å². The van der Waals surface area contributed by atoms with Crippen LogP contribution in [0.3, 0.4) is 0 Å². The molecule has 0 bridgehead atoms. The maximum Gasteiger partial charge on any atom is 0.292 e. The number of nitrogens with two attached hydrogens (primary N) is 1. The third-order valence-electron chi connectivity index (χ3n) is 3.11. The van der Waals surface area contributed by atoms with Crippen LogP contribution in [0, 0.1) is 10.1 Å². The number of benzene rings is 1. The van der Waals surface area contributed by atoms with Gasteiger partial charge in [-0.2, -0.15) is 0 Å². The zero-order valence-electron chi connectivity index (χ0n) is 10.2. The van der Waals surface area contributed by atoms with Gasteiger partial charge in [-0.3, -0.25) is 14.9 Å². The van der Waals surface area contributed by atoms with Gasteiger partial charge in [0.1, 0.15) is 5.69 Å². The van der Waals surface area contributed by atoms with Gasteiger partial charge in [0.05, 0.1) is 4.92 Å². The summed E-state index contributed by atoms with van der Waals surface area (Å²) >= 11 is 0. The average Bonchev–Trinajstić information content (AvgIpc) is 2.32. The van der Waals surface area contributed by atoms with Crippen LogP contribution >= 0.6 is 0 Å². The van der Waals surface area contributed by atoms with Crippen molar-refractivity contribution < 1.29 is 9.72 Å². The quantitative estimate of drug-likeness (QED) is 0.500. The van der Waals surface area contributed by atoms with Gasteiger partial charge in [-0.15, -0.1) is 0 Å². The number of hydrogen-bond acceptors (Lipinski definition) is 4. The molecule has 1 aromatic carbocycles. The van der Waals surface area contributed by atoms with Crippen molar-refractivity contribution in [3.63, 3.8) is 0 Å². The van der Waals surface area contributed by atoms with Gasteiger partial charge in [0.15, 0.2) is 0 Å². The molecule has 6 nitrogen and oxygen atoms in total. The van der Waals surface area contributed by atoms with E-state index >= 15 is 0 Å². The molecule has 0 fully saturated rings. The van der Waals surface area contributed by atoms with E-state index in [1.54, 1.807) is 11.0 Å². The molecule has 1 aliphatic rings. The number of rotatable bonds is 3. The van der Waals surface area contributed by atoms with Gasteiger partial charge in [0.25, 0.3) is 11.6 Å². The van der Waals surface area contributed by atoms with Crippen LogP contribution in [0.1, 0.15) is 29.3 Å². The maximum atomic E-state index is 12.2. The number of nitrogens with zero attached hydrogens (tertiary/aromatic N) is 2. The lowest BCUT2D eigenvalue weighted by Crippen LogP contribution is -2.38. The van der Waals surface area contributed by atoms with Crippen molar-refractivity contribution in [3.8, 4) is 0 Å². The first-order valence-corrected chi connectivity index (χ1v) is 5.90. The molecule has 0 unspecified atom stereocenters. The second-order valence-electron chi connectivity index (χ2n) is 4.37. The first-order valence-electron chi connectivity index (χ1n) is 5.90. The number of nitro groups is 1. The number of amides is 1. The highest BCUT2D eigenvalue weighted by Crippen LogP contribution is 2.29. The molecule has 2 rings (SSSR count). The summed E-state index contributed by atoms with van der Waals surface area (Å²) in [6.07, 6.45) is 1.57. The zero-order valence-corrected chi connectivity index (χ0v) is 10.2. The fourth-order valence-electron chi connectivity index (χ4n) is 2.23. The van der Waals surface area contributed by atoms with Gasteiger partial charge in [-0.25, -0.2) is 0 Å². The summed E-state index contributed by atoms with van der Waals surface area (Å²) < 4.78 is 0. The normalized spacial score (nSPS) is 14.5. The summed E-state index contributed by atoms with van der Waals surface area (Å²) in [6.45, 7) is 3.32. The van der Waals surface area contributed by atoms with E-state index in [0.717, 1.165) is 12.0 Å². The Morgan fingerprint density at radius 2 is 2.22 bits per heavy atom. The number of hydrogen-bond donors (Lipinski definition) is 1. The Bertz CT molecular complexity index is 514. The van der Waals surface area contributed by atoms with Crippen LogP contribution in [0.4, 0.5) is 11.4 Å². The SMILES string of the molecule is CCCN1CCc2cc(N)c([N+](=O)[O-])cc2C1=O. The highest BCUT2D eigenvalue weighted by molar-refractivity contribution is 5.98. The Morgan fingerprint density at radius 3 is 2.83 bits per heavy atom. The number of carbonyl (C=O) groups is 1. The molecule has 18 heavy (non-hydrogen) atoms. The van der Waals surface area contributed by atoms with Crippen molar-refractivity contribution in [2.45, 2.75) is 19.8 Å². The largest absolute Gasteiger partial charge is 0.393 e. The number of nitro benzene ring substituents is 1. The van der Waals surface area contributed by atoms with Crippen molar-refractivity contribution in [1.82, 2.24) is 4.90 Å². The molecule has 1 heterocycles. The molecule has 0 saturated carbocycles. The Balaban J connectivity index is 2.44. The lowest BCUT2D eigenvalue weighted by molar-refractivity contribution is -0.383.